The number of nitrogens with zero attached hydrogens (tertiary/aromatic N) is 2. The molecule has 0 radical (unpaired) electrons. The molecule has 0 unspecified atom stereocenters. The first-order valence-electron chi connectivity index (χ1n) is 10.5. The van der Waals surface area contributed by atoms with Crippen LogP contribution in [0, 0.1) is 10.1 Å². The molecule has 1 amide bonds. The molecule has 1 aliphatic rings. The minimum absolute atomic E-state index is 0.00109. The zero-order valence-electron chi connectivity index (χ0n) is 18.6. The van der Waals surface area contributed by atoms with Gasteiger partial charge in [-0.25, -0.2) is 4.79 Å². The topological polar surface area (TPSA) is 92.9 Å². The molecule has 1 heterocycles. The molecule has 2 aromatic carbocycles. The van der Waals surface area contributed by atoms with E-state index in [0.717, 1.165) is 6.20 Å². The largest absolute Gasteiger partial charge is 0.465 e. The molecular weight excluding hydrogens is 498 g/mol. The van der Waals surface area contributed by atoms with E-state index in [9.17, 15) is 46.4 Å². The van der Waals surface area contributed by atoms with Crippen molar-refractivity contribution in [2.45, 2.75) is 43.8 Å². The van der Waals surface area contributed by atoms with Crippen LogP contribution in [-0.2, 0) is 22.6 Å². The van der Waals surface area contributed by atoms with Gasteiger partial charge in [0, 0.05) is 6.42 Å². The van der Waals surface area contributed by atoms with Gasteiger partial charge in [-0.15, -0.1) is 0 Å². The SMILES string of the molecule is C[C@@H](OC[C@@]1(c2ccccc2)CCC([N+](=O)[O-])=CN1C(=O)O)c1cc(C(F)(F)F)cc(C(F)(F)F)c1. The standard InChI is InChI=1S/C23H20F6N2O5/c1-14(15-9-17(22(24,25)26)11-18(10-15)23(27,28)29)36-13-21(16-5-3-2-4-6-16)8-7-19(31(34)35)12-30(21)20(32)33/h2-6,9-12,14H,7-8,13H2,1H3,(H,32,33)/t14-,21-/m1/s1. The summed E-state index contributed by atoms with van der Waals surface area (Å²) in [6, 6.07) is 9.02. The quantitative estimate of drug-likeness (QED) is 0.265. The monoisotopic (exact) mass is 518 g/mol. The van der Waals surface area contributed by atoms with Crippen molar-refractivity contribution >= 4 is 6.09 Å². The number of benzene rings is 2. The molecule has 1 aliphatic heterocycles. The molecule has 1 N–H and O–H groups in total. The van der Waals surface area contributed by atoms with E-state index < -0.39 is 58.3 Å². The van der Waals surface area contributed by atoms with Crippen LogP contribution in [0.2, 0.25) is 0 Å². The summed E-state index contributed by atoms with van der Waals surface area (Å²) < 4.78 is 85.3. The predicted octanol–water partition coefficient (Wildman–Crippen LogP) is 6.59. The Morgan fingerprint density at radius 1 is 1.11 bits per heavy atom. The normalized spacial score (nSPS) is 19.5. The second-order valence-electron chi connectivity index (χ2n) is 8.22. The smallest absolute Gasteiger partial charge is 0.416 e. The molecule has 0 saturated carbocycles. The third-order valence-electron chi connectivity index (χ3n) is 5.94. The molecule has 2 atom stereocenters. The van der Waals surface area contributed by atoms with Crippen molar-refractivity contribution < 1.29 is 45.9 Å². The molecule has 0 fully saturated rings. The number of ether oxygens (including phenoxy) is 1. The zero-order chi connectivity index (χ0) is 26.9. The van der Waals surface area contributed by atoms with Gasteiger partial charge in [-0.05, 0) is 42.7 Å². The number of carbonyl (C=O) groups is 1. The van der Waals surface area contributed by atoms with E-state index in [1.165, 1.54) is 6.92 Å². The number of rotatable bonds is 6. The summed E-state index contributed by atoms with van der Waals surface area (Å²) in [6.45, 7) is 0.740. The maximum atomic E-state index is 13.3. The van der Waals surface area contributed by atoms with Crippen LogP contribution in [0.5, 0.6) is 0 Å². The number of amides is 1. The Hall–Kier alpha value is -3.61. The molecule has 3 rings (SSSR count). The maximum absolute atomic E-state index is 13.3. The third kappa shape index (κ3) is 5.61. The Labute approximate surface area is 200 Å². The molecular formula is C23H20F6N2O5. The van der Waals surface area contributed by atoms with Crippen LogP contribution in [-0.4, -0.2) is 27.6 Å². The van der Waals surface area contributed by atoms with Crippen LogP contribution in [0.15, 0.2) is 60.4 Å². The lowest BCUT2D eigenvalue weighted by Crippen LogP contribution is -2.51. The molecule has 0 aliphatic carbocycles. The fraction of sp³-hybridized carbons (Fsp3) is 0.348. The van der Waals surface area contributed by atoms with E-state index in [4.69, 9.17) is 4.74 Å². The van der Waals surface area contributed by atoms with Gasteiger partial charge in [0.1, 0.15) is 0 Å². The Morgan fingerprint density at radius 3 is 2.14 bits per heavy atom. The summed E-state index contributed by atoms with van der Waals surface area (Å²) in [5.74, 6) is 0. The Morgan fingerprint density at radius 2 is 1.67 bits per heavy atom. The molecule has 13 heteroatoms. The number of alkyl halides is 6. The summed E-state index contributed by atoms with van der Waals surface area (Å²) in [7, 11) is 0. The van der Waals surface area contributed by atoms with Crippen LogP contribution >= 0.6 is 0 Å². The lowest BCUT2D eigenvalue weighted by atomic mass is 9.82. The van der Waals surface area contributed by atoms with Gasteiger partial charge in [0.05, 0.1) is 40.5 Å². The van der Waals surface area contributed by atoms with Gasteiger partial charge >= 0.3 is 18.4 Å². The van der Waals surface area contributed by atoms with Gasteiger partial charge < -0.3 is 9.84 Å². The van der Waals surface area contributed by atoms with Crippen molar-refractivity contribution in [2.75, 3.05) is 6.61 Å². The van der Waals surface area contributed by atoms with Crippen molar-refractivity contribution in [1.82, 2.24) is 4.90 Å². The predicted molar refractivity (Wildman–Crippen MR) is 113 cm³/mol. The summed E-state index contributed by atoms with van der Waals surface area (Å²) in [6.07, 6.45) is -12.4. The summed E-state index contributed by atoms with van der Waals surface area (Å²) in [4.78, 5) is 23.3. The van der Waals surface area contributed by atoms with E-state index >= 15 is 0 Å². The molecule has 7 nitrogen and oxygen atoms in total. The highest BCUT2D eigenvalue weighted by Crippen LogP contribution is 2.42. The first-order chi connectivity index (χ1) is 16.6. The molecule has 36 heavy (non-hydrogen) atoms. The highest BCUT2D eigenvalue weighted by atomic mass is 19.4. The van der Waals surface area contributed by atoms with Gasteiger partial charge in [0.25, 0.3) is 5.70 Å². The first kappa shape index (κ1) is 27.0. The highest BCUT2D eigenvalue weighted by molar-refractivity contribution is 5.68. The fourth-order valence-corrected chi connectivity index (χ4v) is 4.00. The number of hydrogen-bond acceptors (Lipinski definition) is 4. The first-order valence-corrected chi connectivity index (χ1v) is 10.5. The number of hydrogen-bond donors (Lipinski definition) is 1. The van der Waals surface area contributed by atoms with Crippen LogP contribution in [0.4, 0.5) is 31.1 Å². The molecule has 194 valence electrons. The van der Waals surface area contributed by atoms with Crippen molar-refractivity contribution in [3.05, 3.63) is 92.8 Å². The van der Waals surface area contributed by atoms with Crippen LogP contribution in [0.1, 0.15) is 48.1 Å². The van der Waals surface area contributed by atoms with Gasteiger partial charge in [0.15, 0.2) is 0 Å². The zero-order valence-corrected chi connectivity index (χ0v) is 18.6. The van der Waals surface area contributed by atoms with Crippen molar-refractivity contribution in [3.8, 4) is 0 Å². The third-order valence-corrected chi connectivity index (χ3v) is 5.94. The Bertz CT molecular complexity index is 1130. The Kier molecular flexibility index (Phi) is 7.35. The molecule has 2 aromatic rings. The van der Waals surface area contributed by atoms with Crippen LogP contribution in [0.3, 0.4) is 0 Å². The van der Waals surface area contributed by atoms with E-state index in [-0.39, 0.29) is 24.6 Å². The number of nitro groups is 1. The number of halogens is 6. The van der Waals surface area contributed by atoms with Crippen molar-refractivity contribution in [3.63, 3.8) is 0 Å². The van der Waals surface area contributed by atoms with Crippen molar-refractivity contribution in [2.24, 2.45) is 0 Å². The minimum Gasteiger partial charge on any atom is -0.465 e. The lowest BCUT2D eigenvalue weighted by Gasteiger charge is -2.43. The molecule has 0 spiro atoms. The van der Waals surface area contributed by atoms with Crippen molar-refractivity contribution in [1.29, 1.82) is 0 Å². The number of allylic oxidation sites excluding steroid dienone is 1. The minimum atomic E-state index is -5.05. The van der Waals surface area contributed by atoms with Crippen LogP contribution < -0.4 is 0 Å². The second kappa shape index (κ2) is 9.80. The Balaban J connectivity index is 2.02. The summed E-state index contributed by atoms with van der Waals surface area (Å²) >= 11 is 0. The fourth-order valence-electron chi connectivity index (χ4n) is 4.00. The van der Waals surface area contributed by atoms with Gasteiger partial charge in [0.2, 0.25) is 0 Å². The van der Waals surface area contributed by atoms with Gasteiger partial charge in [-0.2, -0.15) is 26.3 Å². The highest BCUT2D eigenvalue weighted by Gasteiger charge is 2.46. The van der Waals surface area contributed by atoms with Crippen LogP contribution in [0.25, 0.3) is 0 Å². The maximum Gasteiger partial charge on any atom is 0.416 e. The summed E-state index contributed by atoms with van der Waals surface area (Å²) in [5.41, 5.74) is -4.94. The molecule has 0 aromatic heterocycles. The van der Waals surface area contributed by atoms with E-state index in [2.05, 4.69) is 0 Å². The van der Waals surface area contributed by atoms with E-state index in [1.54, 1.807) is 30.3 Å². The molecule has 0 bridgehead atoms. The van der Waals surface area contributed by atoms with Gasteiger partial charge in [-0.3, -0.25) is 15.0 Å². The van der Waals surface area contributed by atoms with Gasteiger partial charge in [-0.1, -0.05) is 30.3 Å². The number of carboxylic acid groups (broad SMARTS) is 1. The van der Waals surface area contributed by atoms with E-state index in [0.29, 0.717) is 22.6 Å². The lowest BCUT2D eigenvalue weighted by molar-refractivity contribution is -0.431. The van der Waals surface area contributed by atoms with E-state index in [1.807, 2.05) is 0 Å². The average molecular weight is 518 g/mol. The average Bonchev–Trinajstić information content (AvgIpc) is 2.81. The molecule has 0 saturated heterocycles. The second-order valence-corrected chi connectivity index (χ2v) is 8.22. The summed E-state index contributed by atoms with van der Waals surface area (Å²) in [5, 5.41) is 21.1.